The zero-order valence-electron chi connectivity index (χ0n) is 7.46. The Kier molecular flexibility index (Phi) is 2.79. The van der Waals surface area contributed by atoms with Gasteiger partial charge in [0.05, 0.1) is 6.42 Å². The van der Waals surface area contributed by atoms with Gasteiger partial charge in [-0.25, -0.2) is 0 Å². The van der Waals surface area contributed by atoms with E-state index in [0.29, 0.717) is 18.0 Å². The topological polar surface area (TPSA) is 20.3 Å². The molecule has 0 saturated carbocycles. The second-order valence-corrected chi connectivity index (χ2v) is 4.35. The molecule has 0 spiro atoms. The molecule has 74 valence electrons. The highest BCUT2D eigenvalue weighted by Gasteiger charge is 2.27. The van der Waals surface area contributed by atoms with E-state index in [2.05, 4.69) is 15.9 Å². The molecule has 0 aromatic heterocycles. The average Bonchev–Trinajstić information content (AvgIpc) is 2.47. The van der Waals surface area contributed by atoms with Crippen LogP contribution in [-0.2, 0) is 11.2 Å². The number of nitrogens with zero attached hydrogens (tertiary/aromatic N) is 1. The molecule has 0 atom stereocenters. The first-order valence-electron chi connectivity index (χ1n) is 4.37. The van der Waals surface area contributed by atoms with E-state index >= 15 is 0 Å². The molecule has 1 aromatic carbocycles. The van der Waals surface area contributed by atoms with Crippen LogP contribution in [0.1, 0.15) is 5.56 Å². The summed E-state index contributed by atoms with van der Waals surface area (Å²) in [6.45, 7) is 0.701. The molecular weight excluding hydrogens is 265 g/mol. The highest BCUT2D eigenvalue weighted by molar-refractivity contribution is 9.09. The Morgan fingerprint density at radius 1 is 1.50 bits per heavy atom. The standard InChI is InChI=1S/C10H9BrClNO/c11-4-5-13-9-3-1-2-8(12)7(9)6-10(13)14/h1-3H,4-6H2. The second-order valence-electron chi connectivity index (χ2n) is 3.15. The molecule has 2 rings (SSSR count). The van der Waals surface area contributed by atoms with Gasteiger partial charge in [-0.2, -0.15) is 0 Å². The predicted octanol–water partition coefficient (Wildman–Crippen LogP) is 2.62. The quantitative estimate of drug-likeness (QED) is 0.759. The van der Waals surface area contributed by atoms with Crippen LogP contribution < -0.4 is 4.90 Å². The number of rotatable bonds is 2. The van der Waals surface area contributed by atoms with Gasteiger partial charge in [0.25, 0.3) is 0 Å². The van der Waals surface area contributed by atoms with Crippen molar-refractivity contribution in [3.05, 3.63) is 28.8 Å². The Morgan fingerprint density at radius 3 is 3.00 bits per heavy atom. The highest BCUT2D eigenvalue weighted by Crippen LogP contribution is 2.33. The maximum Gasteiger partial charge on any atom is 0.231 e. The molecule has 0 unspecified atom stereocenters. The normalized spacial score (nSPS) is 14.7. The van der Waals surface area contributed by atoms with Crippen LogP contribution in [0.5, 0.6) is 0 Å². The lowest BCUT2D eigenvalue weighted by molar-refractivity contribution is -0.117. The third kappa shape index (κ3) is 1.55. The first kappa shape index (κ1) is 9.99. The highest BCUT2D eigenvalue weighted by atomic mass is 79.9. The zero-order chi connectivity index (χ0) is 10.1. The van der Waals surface area contributed by atoms with Crippen molar-refractivity contribution in [3.8, 4) is 0 Å². The van der Waals surface area contributed by atoms with Crippen molar-refractivity contribution >= 4 is 39.1 Å². The summed E-state index contributed by atoms with van der Waals surface area (Å²) in [6, 6.07) is 5.64. The molecule has 2 nitrogen and oxygen atoms in total. The Hall–Kier alpha value is -0.540. The Morgan fingerprint density at radius 2 is 2.29 bits per heavy atom. The lowest BCUT2D eigenvalue weighted by Crippen LogP contribution is -2.28. The molecule has 0 radical (unpaired) electrons. The molecule has 1 heterocycles. The minimum absolute atomic E-state index is 0.132. The van der Waals surface area contributed by atoms with E-state index < -0.39 is 0 Å². The number of alkyl halides is 1. The third-order valence-corrected chi connectivity index (χ3v) is 3.03. The number of hydrogen-bond acceptors (Lipinski definition) is 1. The number of benzene rings is 1. The number of hydrogen-bond donors (Lipinski definition) is 0. The summed E-state index contributed by atoms with van der Waals surface area (Å²) in [7, 11) is 0. The van der Waals surface area contributed by atoms with E-state index in [1.807, 2.05) is 18.2 Å². The molecule has 0 saturated heterocycles. The average molecular weight is 275 g/mol. The summed E-state index contributed by atoms with van der Waals surface area (Å²) in [5.41, 5.74) is 1.92. The van der Waals surface area contributed by atoms with E-state index in [1.165, 1.54) is 0 Å². The van der Waals surface area contributed by atoms with Crippen molar-refractivity contribution < 1.29 is 4.79 Å². The number of amides is 1. The largest absolute Gasteiger partial charge is 0.311 e. The molecule has 1 aliphatic rings. The van der Waals surface area contributed by atoms with Gasteiger partial charge in [0.15, 0.2) is 0 Å². The van der Waals surface area contributed by atoms with Crippen molar-refractivity contribution in [2.45, 2.75) is 6.42 Å². The monoisotopic (exact) mass is 273 g/mol. The predicted molar refractivity (Wildman–Crippen MR) is 61.3 cm³/mol. The molecule has 14 heavy (non-hydrogen) atoms. The molecule has 0 N–H and O–H groups in total. The maximum atomic E-state index is 11.6. The van der Waals surface area contributed by atoms with Gasteiger partial charge in [0.1, 0.15) is 0 Å². The third-order valence-electron chi connectivity index (χ3n) is 2.32. The summed E-state index contributed by atoms with van der Waals surface area (Å²) in [5.74, 6) is 0.132. The number of carbonyl (C=O) groups is 1. The molecule has 1 aliphatic heterocycles. The van der Waals surface area contributed by atoms with Gasteiger partial charge in [0.2, 0.25) is 5.91 Å². The smallest absolute Gasteiger partial charge is 0.231 e. The molecule has 4 heteroatoms. The molecule has 0 bridgehead atoms. The van der Waals surface area contributed by atoms with Crippen LogP contribution in [0.25, 0.3) is 0 Å². The van der Waals surface area contributed by atoms with Crippen molar-refractivity contribution in [2.75, 3.05) is 16.8 Å². The van der Waals surface area contributed by atoms with E-state index in [9.17, 15) is 4.79 Å². The molecule has 0 aliphatic carbocycles. The molecular formula is C10H9BrClNO. The fourth-order valence-electron chi connectivity index (χ4n) is 1.69. The summed E-state index contributed by atoms with van der Waals surface area (Å²) in [6.07, 6.45) is 0.433. The number of anilines is 1. The van der Waals surface area contributed by atoms with E-state index in [1.54, 1.807) is 4.90 Å². The lowest BCUT2D eigenvalue weighted by atomic mass is 10.2. The molecule has 1 amide bonds. The van der Waals surface area contributed by atoms with Gasteiger partial charge in [-0.3, -0.25) is 4.79 Å². The van der Waals surface area contributed by atoms with Gasteiger partial charge in [-0.05, 0) is 12.1 Å². The van der Waals surface area contributed by atoms with E-state index in [0.717, 1.165) is 16.6 Å². The lowest BCUT2D eigenvalue weighted by Gasteiger charge is -2.15. The van der Waals surface area contributed by atoms with E-state index in [-0.39, 0.29) is 5.91 Å². The van der Waals surface area contributed by atoms with Crippen molar-refractivity contribution in [1.82, 2.24) is 0 Å². The Balaban J connectivity index is 2.42. The zero-order valence-corrected chi connectivity index (χ0v) is 9.81. The van der Waals surface area contributed by atoms with Crippen LogP contribution in [0.3, 0.4) is 0 Å². The first-order valence-corrected chi connectivity index (χ1v) is 5.87. The number of carbonyl (C=O) groups excluding carboxylic acids is 1. The van der Waals surface area contributed by atoms with Crippen LogP contribution in [-0.4, -0.2) is 17.8 Å². The molecule has 0 fully saturated rings. The van der Waals surface area contributed by atoms with E-state index in [4.69, 9.17) is 11.6 Å². The van der Waals surface area contributed by atoms with Crippen LogP contribution in [0.15, 0.2) is 18.2 Å². The summed E-state index contributed by atoms with van der Waals surface area (Å²) in [5, 5.41) is 1.47. The summed E-state index contributed by atoms with van der Waals surface area (Å²) in [4.78, 5) is 13.4. The summed E-state index contributed by atoms with van der Waals surface area (Å²) < 4.78 is 0. The van der Waals surface area contributed by atoms with Crippen LogP contribution >= 0.6 is 27.5 Å². The van der Waals surface area contributed by atoms with Gasteiger partial charge < -0.3 is 4.90 Å². The minimum atomic E-state index is 0.132. The van der Waals surface area contributed by atoms with Crippen molar-refractivity contribution in [2.24, 2.45) is 0 Å². The van der Waals surface area contributed by atoms with Crippen LogP contribution in [0.4, 0.5) is 5.69 Å². The summed E-state index contributed by atoms with van der Waals surface area (Å²) >= 11 is 9.34. The fourth-order valence-corrected chi connectivity index (χ4v) is 2.28. The number of fused-ring (bicyclic) bond motifs is 1. The maximum absolute atomic E-state index is 11.6. The van der Waals surface area contributed by atoms with Gasteiger partial charge in [-0.15, -0.1) is 0 Å². The minimum Gasteiger partial charge on any atom is -0.311 e. The van der Waals surface area contributed by atoms with Gasteiger partial charge in [0, 0.05) is 28.1 Å². The van der Waals surface area contributed by atoms with Gasteiger partial charge in [-0.1, -0.05) is 33.6 Å². The SMILES string of the molecule is O=C1Cc2c(Cl)cccc2N1CCBr. The second kappa shape index (κ2) is 3.91. The van der Waals surface area contributed by atoms with Gasteiger partial charge >= 0.3 is 0 Å². The Bertz CT molecular complexity index is 380. The molecule has 1 aromatic rings. The van der Waals surface area contributed by atoms with Crippen LogP contribution in [0.2, 0.25) is 5.02 Å². The first-order chi connectivity index (χ1) is 6.74. The fraction of sp³-hybridized carbons (Fsp3) is 0.300. The van der Waals surface area contributed by atoms with Crippen LogP contribution in [0, 0.1) is 0 Å². The van der Waals surface area contributed by atoms with Crippen molar-refractivity contribution in [3.63, 3.8) is 0 Å². The van der Waals surface area contributed by atoms with Crippen molar-refractivity contribution in [1.29, 1.82) is 0 Å². The Labute approximate surface area is 96.0 Å². The number of halogens is 2.